The molecule has 0 aliphatic carbocycles. The predicted octanol–water partition coefficient (Wildman–Crippen LogP) is 2.25. The summed E-state index contributed by atoms with van der Waals surface area (Å²) in [6, 6.07) is 0. The van der Waals surface area contributed by atoms with Crippen LogP contribution in [0.1, 0.15) is 46.2 Å². The summed E-state index contributed by atoms with van der Waals surface area (Å²) in [6.45, 7) is 9.73. The Balaban J connectivity index is 2.68. The van der Waals surface area contributed by atoms with Crippen LogP contribution in [0.15, 0.2) is 0 Å². The van der Waals surface area contributed by atoms with Crippen LogP contribution in [-0.4, -0.2) is 15.0 Å². The summed E-state index contributed by atoms with van der Waals surface area (Å²) >= 11 is 0. The number of aryl methyl sites for hydroxylation is 1. The predicted molar refractivity (Wildman–Crippen MR) is 62.5 cm³/mol. The van der Waals surface area contributed by atoms with Crippen molar-refractivity contribution in [1.82, 2.24) is 15.0 Å². The number of aromatic nitrogens is 3. The van der Waals surface area contributed by atoms with E-state index in [0.717, 1.165) is 31.5 Å². The van der Waals surface area contributed by atoms with Gasteiger partial charge in [-0.25, -0.2) is 4.68 Å². The maximum absolute atomic E-state index is 5.77. The Morgan fingerprint density at radius 3 is 2.53 bits per heavy atom. The van der Waals surface area contributed by atoms with E-state index in [4.69, 9.17) is 5.73 Å². The largest absolute Gasteiger partial charge is 0.381 e. The second-order valence-corrected chi connectivity index (χ2v) is 5.21. The van der Waals surface area contributed by atoms with Crippen molar-refractivity contribution < 1.29 is 0 Å². The average molecular weight is 210 g/mol. The Morgan fingerprint density at radius 1 is 1.33 bits per heavy atom. The van der Waals surface area contributed by atoms with Gasteiger partial charge in [0, 0.05) is 6.54 Å². The third-order valence-electron chi connectivity index (χ3n) is 2.43. The Kier molecular flexibility index (Phi) is 3.72. The molecule has 0 fully saturated rings. The number of hydrogen-bond donors (Lipinski definition) is 1. The van der Waals surface area contributed by atoms with Crippen molar-refractivity contribution in [3.63, 3.8) is 0 Å². The molecule has 86 valence electrons. The lowest BCUT2D eigenvalue weighted by Gasteiger charge is -2.18. The van der Waals surface area contributed by atoms with Crippen LogP contribution in [0.4, 0.5) is 5.82 Å². The van der Waals surface area contributed by atoms with E-state index in [-0.39, 0.29) is 0 Å². The van der Waals surface area contributed by atoms with E-state index in [1.54, 1.807) is 0 Å². The highest BCUT2D eigenvalue weighted by atomic mass is 15.4. The summed E-state index contributed by atoms with van der Waals surface area (Å²) in [4.78, 5) is 0. The van der Waals surface area contributed by atoms with Gasteiger partial charge in [-0.3, -0.25) is 0 Å². The molecule has 15 heavy (non-hydrogen) atoms. The van der Waals surface area contributed by atoms with E-state index in [1.807, 2.05) is 4.68 Å². The number of rotatable bonds is 4. The number of hydrogen-bond acceptors (Lipinski definition) is 3. The molecule has 0 saturated heterocycles. The summed E-state index contributed by atoms with van der Waals surface area (Å²) in [5.41, 5.74) is 7.18. The molecule has 0 aromatic carbocycles. The minimum atomic E-state index is 0.324. The van der Waals surface area contributed by atoms with E-state index < -0.39 is 0 Å². The van der Waals surface area contributed by atoms with Gasteiger partial charge in [0.15, 0.2) is 5.82 Å². The van der Waals surface area contributed by atoms with Crippen LogP contribution < -0.4 is 5.73 Å². The molecular formula is C11H22N4. The molecule has 0 spiro atoms. The van der Waals surface area contributed by atoms with Crippen LogP contribution in [0.5, 0.6) is 0 Å². The lowest BCUT2D eigenvalue weighted by atomic mass is 9.92. The topological polar surface area (TPSA) is 56.7 Å². The highest BCUT2D eigenvalue weighted by Crippen LogP contribution is 2.20. The smallest absolute Gasteiger partial charge is 0.169 e. The lowest BCUT2D eigenvalue weighted by molar-refractivity contribution is 0.335. The molecule has 1 aromatic heterocycles. The Hall–Kier alpha value is -1.06. The van der Waals surface area contributed by atoms with Crippen molar-refractivity contribution in [2.24, 2.45) is 5.41 Å². The molecule has 0 aliphatic heterocycles. The van der Waals surface area contributed by atoms with Crippen molar-refractivity contribution in [1.29, 1.82) is 0 Å². The van der Waals surface area contributed by atoms with Gasteiger partial charge in [-0.05, 0) is 18.3 Å². The zero-order valence-corrected chi connectivity index (χ0v) is 10.2. The molecule has 4 heteroatoms. The van der Waals surface area contributed by atoms with Crippen molar-refractivity contribution >= 4 is 5.82 Å². The highest BCUT2D eigenvalue weighted by Gasteiger charge is 2.13. The van der Waals surface area contributed by atoms with Gasteiger partial charge in [-0.1, -0.05) is 39.3 Å². The molecule has 0 aliphatic rings. The second-order valence-electron chi connectivity index (χ2n) is 5.21. The normalized spacial score (nSPS) is 12.0. The summed E-state index contributed by atoms with van der Waals surface area (Å²) in [5, 5.41) is 8.01. The van der Waals surface area contributed by atoms with Crippen molar-refractivity contribution in [3.8, 4) is 0 Å². The lowest BCUT2D eigenvalue weighted by Crippen LogP contribution is -2.13. The van der Waals surface area contributed by atoms with Gasteiger partial charge < -0.3 is 5.73 Å². The van der Waals surface area contributed by atoms with Gasteiger partial charge in [0.05, 0.1) is 5.69 Å². The zero-order valence-electron chi connectivity index (χ0n) is 10.2. The van der Waals surface area contributed by atoms with Gasteiger partial charge in [0.1, 0.15) is 0 Å². The first-order valence-corrected chi connectivity index (χ1v) is 5.62. The SMILES string of the molecule is CCCc1c(N)nnn1CCC(C)(C)C. The zero-order chi connectivity index (χ0) is 11.5. The minimum Gasteiger partial charge on any atom is -0.381 e. The van der Waals surface area contributed by atoms with Gasteiger partial charge >= 0.3 is 0 Å². The van der Waals surface area contributed by atoms with E-state index in [0.29, 0.717) is 11.2 Å². The minimum absolute atomic E-state index is 0.324. The van der Waals surface area contributed by atoms with Crippen LogP contribution in [0, 0.1) is 5.41 Å². The van der Waals surface area contributed by atoms with Crippen LogP contribution in [0.3, 0.4) is 0 Å². The standard InChI is InChI=1S/C11H22N4/c1-5-6-9-10(12)13-14-15(9)8-7-11(2,3)4/h5-8,12H2,1-4H3. The van der Waals surface area contributed by atoms with Crippen LogP contribution in [0.25, 0.3) is 0 Å². The Labute approximate surface area is 91.9 Å². The fourth-order valence-electron chi connectivity index (χ4n) is 1.46. The average Bonchev–Trinajstić information content (AvgIpc) is 2.45. The summed E-state index contributed by atoms with van der Waals surface area (Å²) in [6.07, 6.45) is 3.13. The third-order valence-corrected chi connectivity index (χ3v) is 2.43. The van der Waals surface area contributed by atoms with E-state index in [1.165, 1.54) is 0 Å². The fraction of sp³-hybridized carbons (Fsp3) is 0.818. The number of nitrogen functional groups attached to an aromatic ring is 1. The quantitative estimate of drug-likeness (QED) is 0.829. The van der Waals surface area contributed by atoms with Gasteiger partial charge in [-0.15, -0.1) is 5.10 Å². The molecule has 1 heterocycles. The van der Waals surface area contributed by atoms with Crippen LogP contribution in [0.2, 0.25) is 0 Å². The number of nitrogens with zero attached hydrogens (tertiary/aromatic N) is 3. The third kappa shape index (κ3) is 3.53. The maximum Gasteiger partial charge on any atom is 0.169 e. The van der Waals surface area contributed by atoms with Crippen LogP contribution in [-0.2, 0) is 13.0 Å². The van der Waals surface area contributed by atoms with Crippen molar-refractivity contribution in [2.45, 2.75) is 53.5 Å². The Morgan fingerprint density at radius 2 is 2.00 bits per heavy atom. The summed E-state index contributed by atoms with van der Waals surface area (Å²) in [7, 11) is 0. The molecule has 0 amide bonds. The van der Waals surface area contributed by atoms with Gasteiger partial charge in [-0.2, -0.15) is 0 Å². The van der Waals surface area contributed by atoms with E-state index in [9.17, 15) is 0 Å². The molecule has 1 rings (SSSR count). The fourth-order valence-corrected chi connectivity index (χ4v) is 1.46. The van der Waals surface area contributed by atoms with Gasteiger partial charge in [0.2, 0.25) is 0 Å². The summed E-state index contributed by atoms with van der Waals surface area (Å²) in [5.74, 6) is 0.589. The monoisotopic (exact) mass is 210 g/mol. The highest BCUT2D eigenvalue weighted by molar-refractivity contribution is 5.32. The molecule has 1 aromatic rings. The molecule has 0 saturated carbocycles. The molecule has 0 bridgehead atoms. The van der Waals surface area contributed by atoms with Crippen molar-refractivity contribution in [2.75, 3.05) is 5.73 Å². The first-order valence-electron chi connectivity index (χ1n) is 5.62. The maximum atomic E-state index is 5.77. The number of anilines is 1. The molecular weight excluding hydrogens is 188 g/mol. The second kappa shape index (κ2) is 4.64. The first-order chi connectivity index (χ1) is 6.94. The van der Waals surface area contributed by atoms with E-state index in [2.05, 4.69) is 38.0 Å². The van der Waals surface area contributed by atoms with Crippen molar-refractivity contribution in [3.05, 3.63) is 5.69 Å². The summed E-state index contributed by atoms with van der Waals surface area (Å²) < 4.78 is 1.95. The first kappa shape index (κ1) is 12.0. The number of nitrogens with two attached hydrogens (primary N) is 1. The molecule has 0 atom stereocenters. The van der Waals surface area contributed by atoms with E-state index >= 15 is 0 Å². The van der Waals surface area contributed by atoms with Crippen LogP contribution >= 0.6 is 0 Å². The Bertz CT molecular complexity index is 309. The molecule has 4 nitrogen and oxygen atoms in total. The van der Waals surface area contributed by atoms with Gasteiger partial charge in [0.25, 0.3) is 0 Å². The molecule has 2 N–H and O–H groups in total. The molecule has 0 unspecified atom stereocenters. The molecule has 0 radical (unpaired) electrons.